The molecule has 4 heteroatoms. The monoisotopic (exact) mass is 375 g/mol. The molecule has 0 bridgehead atoms. The summed E-state index contributed by atoms with van der Waals surface area (Å²) in [5.41, 5.74) is 12.3. The molecule has 1 unspecified atom stereocenters. The fourth-order valence-electron chi connectivity index (χ4n) is 3.25. The van der Waals surface area contributed by atoms with Crippen LogP contribution in [0.25, 0.3) is 11.1 Å². The van der Waals surface area contributed by atoms with E-state index in [1.807, 2.05) is 49.4 Å². The zero-order chi connectivity index (χ0) is 20.1. The number of rotatable bonds is 7. The molecule has 0 saturated carbocycles. The highest BCUT2D eigenvalue weighted by Gasteiger charge is 2.11. The Balaban J connectivity index is 1.85. The Bertz CT molecular complexity index is 979. The lowest BCUT2D eigenvalue weighted by Gasteiger charge is -2.15. The van der Waals surface area contributed by atoms with E-state index in [4.69, 9.17) is 15.6 Å². The Kier molecular flexibility index (Phi) is 6.12. The van der Waals surface area contributed by atoms with Crippen molar-refractivity contribution in [3.63, 3.8) is 0 Å². The maximum atomic E-state index is 11.1. The first-order valence-electron chi connectivity index (χ1n) is 9.32. The smallest absolute Gasteiger partial charge is 0.307 e. The van der Waals surface area contributed by atoms with E-state index in [-0.39, 0.29) is 12.5 Å². The van der Waals surface area contributed by atoms with E-state index >= 15 is 0 Å². The van der Waals surface area contributed by atoms with Crippen LogP contribution in [0.15, 0.2) is 66.7 Å². The van der Waals surface area contributed by atoms with Gasteiger partial charge < -0.3 is 15.6 Å². The lowest BCUT2D eigenvalue weighted by Crippen LogP contribution is -2.05. The lowest BCUT2D eigenvalue weighted by atomic mass is 9.94. The summed E-state index contributed by atoms with van der Waals surface area (Å²) in [4.78, 5) is 11.1. The zero-order valence-corrected chi connectivity index (χ0v) is 16.2. The van der Waals surface area contributed by atoms with E-state index in [9.17, 15) is 4.79 Å². The maximum absolute atomic E-state index is 11.1. The van der Waals surface area contributed by atoms with Gasteiger partial charge in [0.05, 0.1) is 6.42 Å². The number of ether oxygens (including phenoxy) is 1. The van der Waals surface area contributed by atoms with Crippen LogP contribution in [0.2, 0.25) is 0 Å². The molecule has 0 fully saturated rings. The van der Waals surface area contributed by atoms with Gasteiger partial charge in [-0.25, -0.2) is 0 Å². The van der Waals surface area contributed by atoms with Crippen LogP contribution < -0.4 is 10.5 Å². The minimum atomic E-state index is -0.872. The predicted molar refractivity (Wildman–Crippen MR) is 111 cm³/mol. The first-order valence-corrected chi connectivity index (χ1v) is 9.32. The lowest BCUT2D eigenvalue weighted by molar-refractivity contribution is -0.136. The van der Waals surface area contributed by atoms with Crippen molar-refractivity contribution in [2.75, 3.05) is 0 Å². The van der Waals surface area contributed by atoms with Crippen LogP contribution in [0.3, 0.4) is 0 Å². The first kappa shape index (κ1) is 19.6. The molecule has 3 rings (SSSR count). The molecule has 0 aliphatic heterocycles. The summed E-state index contributed by atoms with van der Waals surface area (Å²) in [5.74, 6) is -0.267. The van der Waals surface area contributed by atoms with Crippen molar-refractivity contribution >= 4 is 5.97 Å². The number of para-hydroxylation sites is 1. The van der Waals surface area contributed by atoms with Crippen molar-refractivity contribution in [2.45, 2.75) is 32.9 Å². The Morgan fingerprint density at radius 2 is 1.75 bits per heavy atom. The molecule has 0 saturated heterocycles. The molecule has 28 heavy (non-hydrogen) atoms. The number of aliphatic carboxylic acids is 1. The number of hydrogen-bond acceptors (Lipinski definition) is 3. The molecule has 0 spiro atoms. The van der Waals surface area contributed by atoms with Crippen LogP contribution in [-0.4, -0.2) is 11.1 Å². The van der Waals surface area contributed by atoms with Crippen LogP contribution in [0.4, 0.5) is 0 Å². The van der Waals surface area contributed by atoms with Crippen molar-refractivity contribution < 1.29 is 14.6 Å². The molecule has 3 N–H and O–H groups in total. The zero-order valence-electron chi connectivity index (χ0n) is 16.2. The van der Waals surface area contributed by atoms with Crippen LogP contribution in [0, 0.1) is 6.92 Å². The Labute approximate surface area is 165 Å². The van der Waals surface area contributed by atoms with Gasteiger partial charge in [0.25, 0.3) is 0 Å². The molecule has 0 amide bonds. The summed E-state index contributed by atoms with van der Waals surface area (Å²) in [6.07, 6.45) is -0.0563. The van der Waals surface area contributed by atoms with E-state index in [0.29, 0.717) is 17.9 Å². The number of carbonyl (C=O) groups is 1. The molecule has 3 aromatic carbocycles. The Morgan fingerprint density at radius 3 is 2.50 bits per heavy atom. The second-order valence-corrected chi connectivity index (χ2v) is 6.97. The number of hydrogen-bond donors (Lipinski definition) is 2. The highest BCUT2D eigenvalue weighted by atomic mass is 16.5. The molecule has 0 radical (unpaired) electrons. The second-order valence-electron chi connectivity index (χ2n) is 6.97. The first-order chi connectivity index (χ1) is 13.5. The average molecular weight is 375 g/mol. The molecule has 0 aliphatic rings. The van der Waals surface area contributed by atoms with Gasteiger partial charge in [0.1, 0.15) is 12.4 Å². The molecular weight excluding hydrogens is 350 g/mol. The van der Waals surface area contributed by atoms with Gasteiger partial charge in [0.2, 0.25) is 0 Å². The van der Waals surface area contributed by atoms with Crippen LogP contribution in [0.1, 0.15) is 35.2 Å². The minimum absolute atomic E-state index is 0.0162. The quantitative estimate of drug-likeness (QED) is 0.617. The summed E-state index contributed by atoms with van der Waals surface area (Å²) in [6.45, 7) is 4.43. The molecule has 0 aromatic heterocycles. The van der Waals surface area contributed by atoms with Gasteiger partial charge >= 0.3 is 5.97 Å². The average Bonchev–Trinajstić information content (AvgIpc) is 2.68. The number of nitrogens with two attached hydrogens (primary N) is 1. The predicted octanol–water partition coefficient (Wildman–Crippen LogP) is 4.89. The van der Waals surface area contributed by atoms with Crippen molar-refractivity contribution in [2.24, 2.45) is 5.73 Å². The van der Waals surface area contributed by atoms with Gasteiger partial charge in [-0.3, -0.25) is 4.79 Å². The Hall–Kier alpha value is -3.11. The minimum Gasteiger partial charge on any atom is -0.489 e. The third kappa shape index (κ3) is 4.59. The van der Waals surface area contributed by atoms with E-state index < -0.39 is 5.97 Å². The van der Waals surface area contributed by atoms with E-state index in [1.54, 1.807) is 6.07 Å². The highest BCUT2D eigenvalue weighted by Crippen LogP contribution is 2.29. The number of benzene rings is 3. The topological polar surface area (TPSA) is 72.5 Å². The molecular formula is C24H25NO3. The summed E-state index contributed by atoms with van der Waals surface area (Å²) < 4.78 is 5.97. The van der Waals surface area contributed by atoms with Crippen LogP contribution >= 0.6 is 0 Å². The maximum Gasteiger partial charge on any atom is 0.307 e. The number of carboxylic acids is 1. The number of carboxylic acid groups (broad SMARTS) is 1. The summed E-state index contributed by atoms with van der Waals surface area (Å²) in [5, 5.41) is 9.08. The summed E-state index contributed by atoms with van der Waals surface area (Å²) >= 11 is 0. The molecule has 0 aliphatic carbocycles. The third-order valence-electron chi connectivity index (χ3n) is 4.87. The highest BCUT2D eigenvalue weighted by molar-refractivity contribution is 5.71. The largest absolute Gasteiger partial charge is 0.489 e. The SMILES string of the molecule is Cc1c(COc2ccccc2CC(=O)O)cccc1-c1cccc(C(C)N)c1. The fourth-order valence-corrected chi connectivity index (χ4v) is 3.25. The van der Waals surface area contributed by atoms with Gasteiger partial charge in [-0.15, -0.1) is 0 Å². The summed E-state index contributed by atoms with van der Waals surface area (Å²) in [7, 11) is 0. The molecule has 0 heterocycles. The Morgan fingerprint density at radius 1 is 1.04 bits per heavy atom. The molecule has 1 atom stereocenters. The third-order valence-corrected chi connectivity index (χ3v) is 4.87. The van der Waals surface area contributed by atoms with Gasteiger partial charge in [-0.1, -0.05) is 54.6 Å². The molecule has 144 valence electrons. The van der Waals surface area contributed by atoms with Gasteiger partial charge in [0, 0.05) is 11.6 Å². The standard InChI is InChI=1S/C24H25NO3/c1-16-21(15-28-23-12-4-3-7-20(23)14-24(26)27)10-6-11-22(16)19-9-5-8-18(13-19)17(2)25/h3-13,17H,14-15,25H2,1-2H3,(H,26,27). The van der Waals surface area contributed by atoms with Crippen molar-refractivity contribution in [3.05, 3.63) is 89.0 Å². The van der Waals surface area contributed by atoms with Crippen molar-refractivity contribution in [1.82, 2.24) is 0 Å². The molecule has 4 nitrogen and oxygen atoms in total. The van der Waals surface area contributed by atoms with Crippen molar-refractivity contribution in [3.8, 4) is 16.9 Å². The fraction of sp³-hybridized carbons (Fsp3) is 0.208. The van der Waals surface area contributed by atoms with Crippen LogP contribution in [-0.2, 0) is 17.8 Å². The van der Waals surface area contributed by atoms with Crippen LogP contribution in [0.5, 0.6) is 5.75 Å². The van der Waals surface area contributed by atoms with E-state index in [2.05, 4.69) is 25.1 Å². The second kappa shape index (κ2) is 8.72. The van der Waals surface area contributed by atoms with Gasteiger partial charge in [-0.2, -0.15) is 0 Å². The van der Waals surface area contributed by atoms with Gasteiger partial charge in [-0.05, 0) is 53.8 Å². The van der Waals surface area contributed by atoms with E-state index in [0.717, 1.165) is 27.8 Å². The van der Waals surface area contributed by atoms with E-state index in [1.165, 1.54) is 0 Å². The van der Waals surface area contributed by atoms with Gasteiger partial charge in [0.15, 0.2) is 0 Å². The summed E-state index contributed by atoms with van der Waals surface area (Å²) in [6, 6.07) is 21.7. The molecule has 3 aromatic rings. The normalized spacial score (nSPS) is 11.8. The van der Waals surface area contributed by atoms with Crippen molar-refractivity contribution in [1.29, 1.82) is 0 Å².